The zero-order chi connectivity index (χ0) is 23.2. The van der Waals surface area contributed by atoms with Gasteiger partial charge in [-0.25, -0.2) is 9.97 Å². The van der Waals surface area contributed by atoms with Gasteiger partial charge in [0.15, 0.2) is 6.61 Å². The van der Waals surface area contributed by atoms with E-state index in [9.17, 15) is 4.79 Å². The highest BCUT2D eigenvalue weighted by Crippen LogP contribution is 2.26. The van der Waals surface area contributed by atoms with Crippen molar-refractivity contribution in [3.63, 3.8) is 0 Å². The van der Waals surface area contributed by atoms with Gasteiger partial charge >= 0.3 is 0 Å². The summed E-state index contributed by atoms with van der Waals surface area (Å²) in [5.74, 6) is 2.44. The molecule has 7 heteroatoms. The number of halogens is 1. The van der Waals surface area contributed by atoms with E-state index in [0.29, 0.717) is 18.8 Å². The number of nitrogens with zero attached hydrogens (tertiary/aromatic N) is 4. The van der Waals surface area contributed by atoms with Gasteiger partial charge in [0, 0.05) is 48.9 Å². The van der Waals surface area contributed by atoms with Crippen LogP contribution in [0.3, 0.4) is 0 Å². The third-order valence-electron chi connectivity index (χ3n) is 5.85. The van der Waals surface area contributed by atoms with Crippen molar-refractivity contribution in [2.24, 2.45) is 0 Å². The molecule has 1 aliphatic heterocycles. The fraction of sp³-hybridized carbons (Fsp3) is 0.346. The summed E-state index contributed by atoms with van der Waals surface area (Å²) >= 11 is 6.06. The van der Waals surface area contributed by atoms with Crippen LogP contribution in [0.4, 0.5) is 5.82 Å². The molecular weight excluding hydrogens is 436 g/mol. The topological polar surface area (TPSA) is 58.6 Å². The first-order valence-electron chi connectivity index (χ1n) is 11.3. The third kappa shape index (κ3) is 6.02. The fourth-order valence-corrected chi connectivity index (χ4v) is 4.25. The Morgan fingerprint density at radius 2 is 1.73 bits per heavy atom. The summed E-state index contributed by atoms with van der Waals surface area (Å²) in [4.78, 5) is 26.4. The van der Waals surface area contributed by atoms with Crippen molar-refractivity contribution < 1.29 is 9.53 Å². The number of hydrogen-bond donors (Lipinski definition) is 0. The lowest BCUT2D eigenvalue weighted by Crippen LogP contribution is -2.38. The van der Waals surface area contributed by atoms with Gasteiger partial charge in [-0.1, -0.05) is 41.9 Å². The van der Waals surface area contributed by atoms with Gasteiger partial charge in [-0.15, -0.1) is 0 Å². The summed E-state index contributed by atoms with van der Waals surface area (Å²) in [5, 5.41) is 0.726. The number of carbonyl (C=O) groups excluding carboxylic acids is 1. The monoisotopic (exact) mass is 464 g/mol. The molecule has 0 atom stereocenters. The molecule has 0 unspecified atom stereocenters. The Balaban J connectivity index is 1.46. The Kier molecular flexibility index (Phi) is 7.45. The van der Waals surface area contributed by atoms with E-state index in [0.717, 1.165) is 53.9 Å². The highest BCUT2D eigenvalue weighted by Gasteiger charge is 2.23. The van der Waals surface area contributed by atoms with Crippen molar-refractivity contribution >= 4 is 23.3 Å². The molecule has 0 spiro atoms. The van der Waals surface area contributed by atoms with Crippen LogP contribution < -0.4 is 9.64 Å². The molecule has 4 rings (SSSR count). The number of aryl methyl sites for hydroxylation is 2. The lowest BCUT2D eigenvalue weighted by molar-refractivity contribution is -0.133. The molecule has 2 aromatic carbocycles. The second-order valence-electron chi connectivity index (χ2n) is 8.28. The summed E-state index contributed by atoms with van der Waals surface area (Å²) in [6, 6.07) is 17.4. The number of ether oxygens (including phenoxy) is 1. The summed E-state index contributed by atoms with van der Waals surface area (Å²) in [5.41, 5.74) is 3.27. The number of amides is 1. The lowest BCUT2D eigenvalue weighted by Gasteiger charge is -2.26. The van der Waals surface area contributed by atoms with E-state index in [1.807, 2.05) is 73.3 Å². The predicted molar refractivity (Wildman–Crippen MR) is 131 cm³/mol. The van der Waals surface area contributed by atoms with Gasteiger partial charge in [0.2, 0.25) is 0 Å². The van der Waals surface area contributed by atoms with Crippen molar-refractivity contribution in [3.8, 4) is 5.75 Å². The van der Waals surface area contributed by atoms with E-state index >= 15 is 0 Å². The SMILES string of the molecule is Cc1nc(C)c(Cc2ccc(Cl)cc2)c(N2CCCN(C(=O)COc3ccccc3)CC2)n1. The normalized spacial score (nSPS) is 14.2. The molecule has 172 valence electrons. The van der Waals surface area contributed by atoms with E-state index in [1.54, 1.807) is 0 Å². The molecule has 33 heavy (non-hydrogen) atoms. The van der Waals surface area contributed by atoms with Crippen LogP contribution in [-0.4, -0.2) is 53.6 Å². The van der Waals surface area contributed by atoms with Gasteiger partial charge in [-0.2, -0.15) is 0 Å². The van der Waals surface area contributed by atoms with Crippen LogP contribution in [0.2, 0.25) is 5.02 Å². The fourth-order valence-electron chi connectivity index (χ4n) is 4.12. The van der Waals surface area contributed by atoms with Gasteiger partial charge in [-0.05, 0) is 50.1 Å². The standard InChI is InChI=1S/C26H29ClN4O2/c1-19-24(17-21-9-11-22(27)12-10-21)26(29-20(2)28-19)31-14-6-13-30(15-16-31)25(32)18-33-23-7-4-3-5-8-23/h3-5,7-12H,6,13-18H2,1-2H3. The zero-order valence-corrected chi connectivity index (χ0v) is 19.9. The van der Waals surface area contributed by atoms with Crippen molar-refractivity contribution in [3.05, 3.63) is 82.3 Å². The smallest absolute Gasteiger partial charge is 0.260 e. The average Bonchev–Trinajstić information content (AvgIpc) is 3.07. The highest BCUT2D eigenvalue weighted by molar-refractivity contribution is 6.30. The van der Waals surface area contributed by atoms with E-state index in [4.69, 9.17) is 21.3 Å². The molecule has 1 amide bonds. The Labute approximate surface area is 200 Å². The Bertz CT molecular complexity index is 1090. The minimum absolute atomic E-state index is 0.0112. The number of rotatable bonds is 6. The van der Waals surface area contributed by atoms with Crippen LogP contribution in [0.15, 0.2) is 54.6 Å². The first-order valence-corrected chi connectivity index (χ1v) is 11.7. The molecule has 0 aliphatic carbocycles. The molecule has 3 aromatic rings. The third-order valence-corrected chi connectivity index (χ3v) is 6.10. The summed E-state index contributed by atoms with van der Waals surface area (Å²) in [7, 11) is 0. The molecule has 2 heterocycles. The predicted octanol–water partition coefficient (Wildman–Crippen LogP) is 4.46. The van der Waals surface area contributed by atoms with E-state index < -0.39 is 0 Å². The molecule has 1 fully saturated rings. The minimum atomic E-state index is 0.0112. The quantitative estimate of drug-likeness (QED) is 0.539. The largest absolute Gasteiger partial charge is 0.484 e. The molecule has 1 aliphatic rings. The summed E-state index contributed by atoms with van der Waals surface area (Å²) < 4.78 is 5.66. The molecule has 1 saturated heterocycles. The molecule has 0 radical (unpaired) electrons. The number of anilines is 1. The van der Waals surface area contributed by atoms with Crippen LogP contribution in [-0.2, 0) is 11.2 Å². The van der Waals surface area contributed by atoms with Crippen molar-refractivity contribution in [2.45, 2.75) is 26.7 Å². The zero-order valence-electron chi connectivity index (χ0n) is 19.1. The summed E-state index contributed by atoms with van der Waals surface area (Å²) in [6.07, 6.45) is 1.61. The molecule has 0 saturated carbocycles. The van der Waals surface area contributed by atoms with Crippen molar-refractivity contribution in [1.82, 2.24) is 14.9 Å². The number of carbonyl (C=O) groups is 1. The van der Waals surface area contributed by atoms with Crippen LogP contribution in [0.1, 0.15) is 29.1 Å². The number of aromatic nitrogens is 2. The maximum atomic E-state index is 12.8. The Hall–Kier alpha value is -3.12. The van der Waals surface area contributed by atoms with E-state index in [-0.39, 0.29) is 12.5 Å². The van der Waals surface area contributed by atoms with Crippen LogP contribution in [0.25, 0.3) is 0 Å². The lowest BCUT2D eigenvalue weighted by atomic mass is 10.0. The van der Waals surface area contributed by atoms with Gasteiger partial charge in [0.25, 0.3) is 5.91 Å². The maximum Gasteiger partial charge on any atom is 0.260 e. The van der Waals surface area contributed by atoms with Crippen LogP contribution in [0.5, 0.6) is 5.75 Å². The van der Waals surface area contributed by atoms with Gasteiger partial charge in [0.05, 0.1) is 0 Å². The van der Waals surface area contributed by atoms with Gasteiger partial charge in [-0.3, -0.25) is 4.79 Å². The van der Waals surface area contributed by atoms with Crippen LogP contribution in [0, 0.1) is 13.8 Å². The van der Waals surface area contributed by atoms with E-state index in [1.165, 1.54) is 5.56 Å². The molecule has 0 N–H and O–H groups in total. The Morgan fingerprint density at radius 3 is 2.48 bits per heavy atom. The highest BCUT2D eigenvalue weighted by atomic mass is 35.5. The number of hydrogen-bond acceptors (Lipinski definition) is 5. The first-order chi connectivity index (χ1) is 16.0. The van der Waals surface area contributed by atoms with Crippen molar-refractivity contribution in [2.75, 3.05) is 37.7 Å². The minimum Gasteiger partial charge on any atom is -0.484 e. The number of para-hydroxylation sites is 1. The van der Waals surface area contributed by atoms with E-state index in [2.05, 4.69) is 9.88 Å². The molecular formula is C26H29ClN4O2. The van der Waals surface area contributed by atoms with Gasteiger partial charge in [0.1, 0.15) is 17.4 Å². The maximum absolute atomic E-state index is 12.8. The van der Waals surface area contributed by atoms with Gasteiger partial charge < -0.3 is 14.5 Å². The number of benzene rings is 2. The molecule has 0 bridgehead atoms. The van der Waals surface area contributed by atoms with Crippen molar-refractivity contribution in [1.29, 1.82) is 0 Å². The first kappa shape index (κ1) is 23.1. The average molecular weight is 465 g/mol. The second-order valence-corrected chi connectivity index (χ2v) is 8.72. The molecule has 6 nitrogen and oxygen atoms in total. The second kappa shape index (κ2) is 10.7. The Morgan fingerprint density at radius 1 is 0.970 bits per heavy atom. The molecule has 1 aromatic heterocycles. The summed E-state index contributed by atoms with van der Waals surface area (Å²) in [6.45, 7) is 6.93. The van der Waals surface area contributed by atoms with Crippen LogP contribution >= 0.6 is 11.6 Å².